The highest BCUT2D eigenvalue weighted by Crippen LogP contribution is 1.99. The van der Waals surface area contributed by atoms with Gasteiger partial charge in [0.1, 0.15) is 0 Å². The molecular weight excluding hydrogens is 104 g/mol. The van der Waals surface area contributed by atoms with Crippen LogP contribution in [0.2, 0.25) is 0 Å². The molecule has 0 spiro atoms. The van der Waals surface area contributed by atoms with Gasteiger partial charge in [-0.2, -0.15) is 8.78 Å². The van der Waals surface area contributed by atoms with E-state index in [1.165, 1.54) is 0 Å². The molecule has 0 saturated carbocycles. The summed E-state index contributed by atoms with van der Waals surface area (Å²) in [6.45, 7) is 0. The zero-order chi connectivity index (χ0) is 5.86. The third kappa shape index (κ3) is 2.08. The molecule has 0 aliphatic heterocycles. The Kier molecular flexibility index (Phi) is 2.26. The quantitative estimate of drug-likeness (QED) is 0.509. The van der Waals surface area contributed by atoms with Crippen LogP contribution in [0.1, 0.15) is 0 Å². The first-order valence-electron chi connectivity index (χ1n) is 1.58. The van der Waals surface area contributed by atoms with E-state index in [2.05, 4.69) is 0 Å². The molecule has 0 atom stereocenters. The summed E-state index contributed by atoms with van der Waals surface area (Å²) in [6.07, 6.45) is -2.21. The molecule has 0 aromatic carbocycles. The Bertz CT molecular complexity index is 73.3. The molecule has 0 unspecified atom stereocenters. The number of rotatable bonds is 1. The molecule has 1 amide bonds. The summed E-state index contributed by atoms with van der Waals surface area (Å²) in [5.41, 5.74) is 0. The Morgan fingerprint density at radius 1 is 1.57 bits per heavy atom. The lowest BCUT2D eigenvalue weighted by molar-refractivity contribution is -0.124. The van der Waals surface area contributed by atoms with Gasteiger partial charge in [-0.15, -0.1) is 0 Å². The van der Waals surface area contributed by atoms with Gasteiger partial charge in [-0.25, -0.2) is 0 Å². The third-order valence-electron chi connectivity index (χ3n) is 0.399. The zero-order valence-corrected chi connectivity index (χ0v) is 3.66. The molecule has 0 heterocycles. The van der Waals surface area contributed by atoms with E-state index in [4.69, 9.17) is 0 Å². The standard InChI is InChI=1S/C3H4F2NO/c1-6-3(7)2(4)5/h1H3,(H,6,7). The van der Waals surface area contributed by atoms with Crippen molar-refractivity contribution in [3.05, 3.63) is 6.43 Å². The van der Waals surface area contributed by atoms with Crippen LogP contribution < -0.4 is 5.32 Å². The predicted octanol–water partition coefficient (Wildman–Crippen LogP) is 0.161. The molecule has 7 heavy (non-hydrogen) atoms. The van der Waals surface area contributed by atoms with Crippen molar-refractivity contribution in [1.29, 1.82) is 0 Å². The fourth-order valence-corrected chi connectivity index (χ4v) is 0.0945. The summed E-state index contributed by atoms with van der Waals surface area (Å²) in [4.78, 5) is 9.61. The molecule has 1 radical (unpaired) electrons. The molecule has 0 aliphatic carbocycles. The van der Waals surface area contributed by atoms with Gasteiger partial charge in [0, 0.05) is 7.05 Å². The monoisotopic (exact) mass is 108 g/mol. The first kappa shape index (κ1) is 6.33. The lowest BCUT2D eigenvalue weighted by atomic mass is 10.6. The van der Waals surface area contributed by atoms with Gasteiger partial charge in [-0.1, -0.05) is 0 Å². The van der Waals surface area contributed by atoms with Crippen molar-refractivity contribution in [1.82, 2.24) is 5.32 Å². The van der Waals surface area contributed by atoms with E-state index in [1.807, 2.05) is 0 Å². The Balaban J connectivity index is 3.35. The average molecular weight is 108 g/mol. The van der Waals surface area contributed by atoms with E-state index in [0.29, 0.717) is 0 Å². The SMILES string of the molecule is CNC(=O)[C](F)F. The Morgan fingerprint density at radius 2 is 2.00 bits per heavy atom. The summed E-state index contributed by atoms with van der Waals surface area (Å²) >= 11 is 0. The zero-order valence-electron chi connectivity index (χ0n) is 3.66. The van der Waals surface area contributed by atoms with Gasteiger partial charge in [0.05, 0.1) is 0 Å². The molecule has 0 bridgehead atoms. The van der Waals surface area contributed by atoms with Crippen LogP contribution in [0.4, 0.5) is 8.78 Å². The van der Waals surface area contributed by atoms with Gasteiger partial charge in [0.2, 0.25) is 0 Å². The van der Waals surface area contributed by atoms with Crippen molar-refractivity contribution in [2.75, 3.05) is 7.05 Å². The van der Waals surface area contributed by atoms with Gasteiger partial charge in [0.25, 0.3) is 5.91 Å². The number of nitrogens with one attached hydrogen (secondary N) is 1. The molecule has 0 aromatic rings. The fourth-order valence-electron chi connectivity index (χ4n) is 0.0945. The maximum atomic E-state index is 10.9. The second kappa shape index (κ2) is 2.49. The van der Waals surface area contributed by atoms with Crippen molar-refractivity contribution in [3.8, 4) is 0 Å². The number of carbonyl (C=O) groups excluding carboxylic acids is 1. The van der Waals surface area contributed by atoms with Crippen molar-refractivity contribution in [2.45, 2.75) is 0 Å². The van der Waals surface area contributed by atoms with Gasteiger partial charge in [0.15, 0.2) is 0 Å². The van der Waals surface area contributed by atoms with Crippen molar-refractivity contribution in [3.63, 3.8) is 0 Å². The smallest absolute Gasteiger partial charge is 0.354 e. The summed E-state index contributed by atoms with van der Waals surface area (Å²) in [5, 5.41) is 1.74. The molecule has 0 saturated heterocycles. The van der Waals surface area contributed by atoms with E-state index in [-0.39, 0.29) is 0 Å². The first-order valence-corrected chi connectivity index (χ1v) is 1.58. The maximum Gasteiger partial charge on any atom is 0.395 e. The first-order chi connectivity index (χ1) is 3.18. The van der Waals surface area contributed by atoms with Gasteiger partial charge < -0.3 is 5.32 Å². The second-order valence-corrected chi connectivity index (χ2v) is 0.840. The molecule has 4 heteroatoms. The lowest BCUT2D eigenvalue weighted by Gasteiger charge is -1.89. The number of carbonyl (C=O) groups is 1. The Labute approximate surface area is 39.5 Å². The number of halogens is 2. The predicted molar refractivity (Wildman–Crippen MR) is 19.5 cm³/mol. The largest absolute Gasteiger partial charge is 0.395 e. The molecule has 0 rings (SSSR count). The van der Waals surface area contributed by atoms with E-state index in [1.54, 1.807) is 5.32 Å². The molecular formula is C3H4F2NO. The van der Waals surface area contributed by atoms with Crippen molar-refractivity contribution >= 4 is 5.91 Å². The molecule has 1 N–H and O–H groups in total. The minimum Gasteiger partial charge on any atom is -0.354 e. The van der Waals surface area contributed by atoms with Crippen molar-refractivity contribution in [2.24, 2.45) is 0 Å². The topological polar surface area (TPSA) is 29.1 Å². The minimum absolute atomic E-state index is 1.14. The average Bonchev–Trinajstić information content (AvgIpc) is 1.65. The van der Waals surface area contributed by atoms with Crippen molar-refractivity contribution < 1.29 is 13.6 Å². The van der Waals surface area contributed by atoms with E-state index >= 15 is 0 Å². The molecule has 2 nitrogen and oxygen atoms in total. The number of hydrogen-bond donors (Lipinski definition) is 1. The maximum absolute atomic E-state index is 10.9. The van der Waals surface area contributed by atoms with Crippen LogP contribution in [0.5, 0.6) is 0 Å². The van der Waals surface area contributed by atoms with E-state index in [9.17, 15) is 13.6 Å². The third-order valence-corrected chi connectivity index (χ3v) is 0.399. The Hall–Kier alpha value is -0.670. The number of hydrogen-bond acceptors (Lipinski definition) is 1. The van der Waals surface area contributed by atoms with E-state index < -0.39 is 12.3 Å². The van der Waals surface area contributed by atoms with Crippen LogP contribution in [0.15, 0.2) is 0 Å². The van der Waals surface area contributed by atoms with Crippen LogP contribution in [0.3, 0.4) is 0 Å². The van der Waals surface area contributed by atoms with E-state index in [0.717, 1.165) is 7.05 Å². The fraction of sp³-hybridized carbons (Fsp3) is 0.333. The molecule has 41 valence electrons. The lowest BCUT2D eigenvalue weighted by Crippen LogP contribution is -2.20. The van der Waals surface area contributed by atoms with Crippen LogP contribution in [0.25, 0.3) is 0 Å². The van der Waals surface area contributed by atoms with Crippen LogP contribution in [-0.2, 0) is 4.79 Å². The second-order valence-electron chi connectivity index (χ2n) is 0.840. The normalized spacial score (nSPS) is 9.14. The molecule has 0 aromatic heterocycles. The number of amides is 1. The summed E-state index contributed by atoms with van der Waals surface area (Å²) < 4.78 is 21.9. The minimum atomic E-state index is -2.21. The van der Waals surface area contributed by atoms with Crippen LogP contribution >= 0.6 is 0 Å². The highest BCUT2D eigenvalue weighted by atomic mass is 19.3. The summed E-state index contributed by atoms with van der Waals surface area (Å²) in [7, 11) is 1.14. The highest BCUT2D eigenvalue weighted by molar-refractivity contribution is 5.85. The summed E-state index contributed by atoms with van der Waals surface area (Å²) in [6, 6.07) is 0. The highest BCUT2D eigenvalue weighted by Gasteiger charge is 2.14. The van der Waals surface area contributed by atoms with Crippen LogP contribution in [0, 0.1) is 6.43 Å². The van der Waals surface area contributed by atoms with Crippen LogP contribution in [-0.4, -0.2) is 13.0 Å². The molecule has 0 fully saturated rings. The van der Waals surface area contributed by atoms with Gasteiger partial charge in [-0.05, 0) is 0 Å². The van der Waals surface area contributed by atoms with Gasteiger partial charge in [-0.3, -0.25) is 4.79 Å². The summed E-state index contributed by atoms with van der Waals surface area (Å²) in [5.74, 6) is -1.32. The Morgan fingerprint density at radius 3 is 2.00 bits per heavy atom. The molecule has 0 aliphatic rings. The van der Waals surface area contributed by atoms with Gasteiger partial charge >= 0.3 is 6.43 Å².